The van der Waals surface area contributed by atoms with E-state index in [9.17, 15) is 0 Å². The molecule has 1 heterocycles. The standard InChI is InChI=1S/C15H21N3O/c1-3-16-11-13-10-12-6-4-5-7-14(12)15(18-13)17-8-9-19-2/h4-7,10,16H,3,8-9,11H2,1-2H3,(H,17,18). The Hall–Kier alpha value is -1.65. The normalized spacial score (nSPS) is 10.8. The van der Waals surface area contributed by atoms with E-state index in [1.807, 2.05) is 6.07 Å². The molecule has 4 nitrogen and oxygen atoms in total. The number of benzene rings is 1. The predicted octanol–water partition coefficient (Wildman–Crippen LogP) is 2.40. The van der Waals surface area contributed by atoms with Crippen LogP contribution in [0.1, 0.15) is 12.6 Å². The highest BCUT2D eigenvalue weighted by atomic mass is 16.5. The van der Waals surface area contributed by atoms with Gasteiger partial charge in [0.25, 0.3) is 0 Å². The molecule has 1 aromatic carbocycles. The molecule has 0 aliphatic carbocycles. The number of hydrogen-bond acceptors (Lipinski definition) is 4. The van der Waals surface area contributed by atoms with Gasteiger partial charge >= 0.3 is 0 Å². The third kappa shape index (κ3) is 3.66. The summed E-state index contributed by atoms with van der Waals surface area (Å²) in [7, 11) is 1.70. The molecule has 0 saturated carbocycles. The summed E-state index contributed by atoms with van der Waals surface area (Å²) in [6.45, 7) is 5.27. The van der Waals surface area contributed by atoms with Crippen LogP contribution >= 0.6 is 0 Å². The molecular weight excluding hydrogens is 238 g/mol. The van der Waals surface area contributed by atoms with E-state index in [0.29, 0.717) is 6.61 Å². The highest BCUT2D eigenvalue weighted by Gasteiger charge is 2.05. The molecule has 0 fully saturated rings. The Balaban J connectivity index is 2.28. The number of rotatable bonds is 7. The zero-order valence-electron chi connectivity index (χ0n) is 11.6. The van der Waals surface area contributed by atoms with Gasteiger partial charge in [-0.15, -0.1) is 0 Å². The molecule has 0 saturated heterocycles. The molecule has 0 unspecified atom stereocenters. The van der Waals surface area contributed by atoms with Crippen molar-refractivity contribution >= 4 is 16.6 Å². The van der Waals surface area contributed by atoms with Gasteiger partial charge in [-0.1, -0.05) is 31.2 Å². The molecule has 0 aliphatic rings. The van der Waals surface area contributed by atoms with Crippen LogP contribution in [0.2, 0.25) is 0 Å². The van der Waals surface area contributed by atoms with Crippen molar-refractivity contribution in [3.63, 3.8) is 0 Å². The fourth-order valence-corrected chi connectivity index (χ4v) is 2.00. The first-order valence-corrected chi connectivity index (χ1v) is 6.67. The minimum atomic E-state index is 0.674. The molecule has 2 N–H and O–H groups in total. The first kappa shape index (κ1) is 13.8. The monoisotopic (exact) mass is 259 g/mol. The third-order valence-electron chi connectivity index (χ3n) is 2.95. The van der Waals surface area contributed by atoms with E-state index in [-0.39, 0.29) is 0 Å². The second kappa shape index (κ2) is 7.07. The van der Waals surface area contributed by atoms with E-state index in [1.165, 1.54) is 5.39 Å². The smallest absolute Gasteiger partial charge is 0.134 e. The Morgan fingerprint density at radius 3 is 2.89 bits per heavy atom. The second-order valence-electron chi connectivity index (χ2n) is 4.38. The van der Waals surface area contributed by atoms with Gasteiger partial charge in [-0.05, 0) is 18.0 Å². The lowest BCUT2D eigenvalue weighted by atomic mass is 10.1. The number of hydrogen-bond donors (Lipinski definition) is 2. The maximum atomic E-state index is 5.07. The van der Waals surface area contributed by atoms with E-state index in [1.54, 1.807) is 7.11 Å². The highest BCUT2D eigenvalue weighted by molar-refractivity contribution is 5.92. The van der Waals surface area contributed by atoms with Crippen molar-refractivity contribution < 1.29 is 4.74 Å². The first-order chi connectivity index (χ1) is 9.35. The van der Waals surface area contributed by atoms with Crippen molar-refractivity contribution in [2.75, 3.05) is 32.1 Å². The van der Waals surface area contributed by atoms with E-state index in [4.69, 9.17) is 4.74 Å². The van der Waals surface area contributed by atoms with E-state index in [2.05, 4.69) is 46.8 Å². The van der Waals surface area contributed by atoms with Gasteiger partial charge in [-0.2, -0.15) is 0 Å². The van der Waals surface area contributed by atoms with Gasteiger partial charge in [-0.25, -0.2) is 4.98 Å². The van der Waals surface area contributed by atoms with Crippen molar-refractivity contribution in [3.05, 3.63) is 36.0 Å². The van der Waals surface area contributed by atoms with E-state index < -0.39 is 0 Å². The highest BCUT2D eigenvalue weighted by Crippen LogP contribution is 2.22. The van der Waals surface area contributed by atoms with Crippen molar-refractivity contribution in [2.24, 2.45) is 0 Å². The molecule has 1 aromatic heterocycles. The summed E-state index contributed by atoms with van der Waals surface area (Å²) in [5, 5.41) is 9.02. The van der Waals surface area contributed by atoms with Crippen LogP contribution in [0.3, 0.4) is 0 Å². The number of ether oxygens (including phenoxy) is 1. The summed E-state index contributed by atoms with van der Waals surface area (Å²) in [5.41, 5.74) is 1.06. The van der Waals surface area contributed by atoms with Gasteiger partial charge in [0.05, 0.1) is 12.3 Å². The quantitative estimate of drug-likeness (QED) is 0.750. The summed E-state index contributed by atoms with van der Waals surface area (Å²) >= 11 is 0. The zero-order valence-corrected chi connectivity index (χ0v) is 11.6. The molecule has 19 heavy (non-hydrogen) atoms. The first-order valence-electron chi connectivity index (χ1n) is 6.67. The Labute approximate surface area is 114 Å². The lowest BCUT2D eigenvalue weighted by molar-refractivity contribution is 0.210. The molecular formula is C15H21N3O. The zero-order chi connectivity index (χ0) is 13.5. The van der Waals surface area contributed by atoms with Crippen LogP contribution in [0.5, 0.6) is 0 Å². The number of pyridine rings is 1. The Morgan fingerprint density at radius 1 is 1.26 bits per heavy atom. The predicted molar refractivity (Wildman–Crippen MR) is 79.5 cm³/mol. The minimum Gasteiger partial charge on any atom is -0.383 e. The number of nitrogens with zero attached hydrogens (tertiary/aromatic N) is 1. The van der Waals surface area contributed by atoms with Crippen LogP contribution in [0.4, 0.5) is 5.82 Å². The Bertz CT molecular complexity index is 528. The fourth-order valence-electron chi connectivity index (χ4n) is 2.00. The molecule has 2 aromatic rings. The lowest BCUT2D eigenvalue weighted by Crippen LogP contribution is -2.15. The molecule has 0 aliphatic heterocycles. The van der Waals surface area contributed by atoms with Crippen molar-refractivity contribution in [3.8, 4) is 0 Å². The summed E-state index contributed by atoms with van der Waals surface area (Å²) < 4.78 is 5.07. The van der Waals surface area contributed by atoms with Gasteiger partial charge in [0, 0.05) is 25.6 Å². The minimum absolute atomic E-state index is 0.674. The molecule has 0 bridgehead atoms. The number of anilines is 1. The molecule has 4 heteroatoms. The SMILES string of the molecule is CCNCc1cc2ccccc2c(NCCOC)n1. The van der Waals surface area contributed by atoms with Gasteiger partial charge in [-0.3, -0.25) is 0 Å². The topological polar surface area (TPSA) is 46.2 Å². The van der Waals surface area contributed by atoms with Gasteiger partial charge in [0.1, 0.15) is 5.82 Å². The Kier molecular flexibility index (Phi) is 5.12. The van der Waals surface area contributed by atoms with Gasteiger partial charge in [0.2, 0.25) is 0 Å². The maximum Gasteiger partial charge on any atom is 0.134 e. The van der Waals surface area contributed by atoms with Gasteiger partial charge < -0.3 is 15.4 Å². The maximum absolute atomic E-state index is 5.07. The average Bonchev–Trinajstić information content (AvgIpc) is 2.45. The molecule has 0 amide bonds. The van der Waals surface area contributed by atoms with E-state index >= 15 is 0 Å². The van der Waals surface area contributed by atoms with Crippen LogP contribution in [0.25, 0.3) is 10.8 Å². The van der Waals surface area contributed by atoms with Crippen molar-refractivity contribution in [1.29, 1.82) is 0 Å². The van der Waals surface area contributed by atoms with Crippen LogP contribution < -0.4 is 10.6 Å². The second-order valence-corrected chi connectivity index (χ2v) is 4.38. The molecule has 0 atom stereocenters. The van der Waals surface area contributed by atoms with Crippen LogP contribution in [-0.2, 0) is 11.3 Å². The number of fused-ring (bicyclic) bond motifs is 1. The largest absolute Gasteiger partial charge is 0.383 e. The fraction of sp³-hybridized carbons (Fsp3) is 0.400. The molecule has 0 radical (unpaired) electrons. The van der Waals surface area contributed by atoms with Gasteiger partial charge in [0.15, 0.2) is 0 Å². The lowest BCUT2D eigenvalue weighted by Gasteiger charge is -2.11. The number of methoxy groups -OCH3 is 1. The van der Waals surface area contributed by atoms with Crippen LogP contribution in [0.15, 0.2) is 30.3 Å². The third-order valence-corrected chi connectivity index (χ3v) is 2.95. The summed E-state index contributed by atoms with van der Waals surface area (Å²) in [6, 6.07) is 10.4. The summed E-state index contributed by atoms with van der Waals surface area (Å²) in [6.07, 6.45) is 0. The van der Waals surface area contributed by atoms with Crippen LogP contribution in [-0.4, -0.2) is 31.8 Å². The summed E-state index contributed by atoms with van der Waals surface area (Å²) in [4.78, 5) is 4.68. The van der Waals surface area contributed by atoms with Crippen LogP contribution in [0, 0.1) is 0 Å². The molecule has 2 rings (SSSR count). The Morgan fingerprint density at radius 2 is 2.11 bits per heavy atom. The average molecular weight is 259 g/mol. The van der Waals surface area contributed by atoms with Crippen molar-refractivity contribution in [2.45, 2.75) is 13.5 Å². The molecule has 102 valence electrons. The molecule has 0 spiro atoms. The number of nitrogens with one attached hydrogen (secondary N) is 2. The number of aromatic nitrogens is 1. The summed E-state index contributed by atoms with van der Waals surface area (Å²) in [5.74, 6) is 0.933. The van der Waals surface area contributed by atoms with Crippen molar-refractivity contribution in [1.82, 2.24) is 10.3 Å². The van der Waals surface area contributed by atoms with E-state index in [0.717, 1.165) is 36.5 Å².